The van der Waals surface area contributed by atoms with E-state index in [9.17, 15) is 9.90 Å². The fourth-order valence-electron chi connectivity index (χ4n) is 1.03. The van der Waals surface area contributed by atoms with Gasteiger partial charge in [-0.2, -0.15) is 0 Å². The molecule has 4 nitrogen and oxygen atoms in total. The number of rotatable bonds is 2. The molecular weight excluding hydrogens is 168 g/mol. The summed E-state index contributed by atoms with van der Waals surface area (Å²) < 4.78 is 1.74. The van der Waals surface area contributed by atoms with Gasteiger partial charge in [0.05, 0.1) is 5.69 Å². The lowest BCUT2D eigenvalue weighted by atomic mass is 10.3. The number of aromatic nitrogens is 1. The van der Waals surface area contributed by atoms with Gasteiger partial charge in [0.1, 0.15) is 0 Å². The van der Waals surface area contributed by atoms with Crippen molar-refractivity contribution in [2.24, 2.45) is 5.73 Å². The minimum absolute atomic E-state index is 0.201. The van der Waals surface area contributed by atoms with E-state index < -0.39 is 0 Å². The van der Waals surface area contributed by atoms with Gasteiger partial charge in [0.25, 0.3) is 0 Å². The van der Waals surface area contributed by atoms with Crippen LogP contribution in [0.3, 0.4) is 0 Å². The molecule has 0 aliphatic heterocycles. The molecule has 1 aromatic rings. The van der Waals surface area contributed by atoms with Gasteiger partial charge in [0.2, 0.25) is 5.43 Å². The third-order valence-corrected chi connectivity index (χ3v) is 1.85. The summed E-state index contributed by atoms with van der Waals surface area (Å²) in [6, 6.07) is 1.33. The third-order valence-electron chi connectivity index (χ3n) is 1.85. The molecular formula is C9H12N2O2. The molecule has 1 aromatic heterocycles. The molecule has 70 valence electrons. The summed E-state index contributed by atoms with van der Waals surface area (Å²) in [5.41, 5.74) is 5.37. The van der Waals surface area contributed by atoms with Crippen LogP contribution in [0.25, 0.3) is 0 Å². The van der Waals surface area contributed by atoms with E-state index in [1.807, 2.05) is 0 Å². The molecule has 4 heteroatoms. The van der Waals surface area contributed by atoms with Crippen molar-refractivity contribution in [3.63, 3.8) is 0 Å². The summed E-state index contributed by atoms with van der Waals surface area (Å²) in [7, 11) is 0. The van der Waals surface area contributed by atoms with Crippen molar-refractivity contribution in [1.82, 2.24) is 4.57 Å². The highest BCUT2D eigenvalue weighted by Gasteiger charge is 2.02. The first-order valence-corrected chi connectivity index (χ1v) is 3.92. The molecule has 0 fully saturated rings. The van der Waals surface area contributed by atoms with Gasteiger partial charge in [-0.15, -0.1) is 0 Å². The van der Waals surface area contributed by atoms with Crippen molar-refractivity contribution in [3.8, 4) is 5.75 Å². The second-order valence-electron chi connectivity index (χ2n) is 2.69. The van der Waals surface area contributed by atoms with Crippen LogP contribution in [0.15, 0.2) is 29.3 Å². The summed E-state index contributed by atoms with van der Waals surface area (Å²) >= 11 is 0. The van der Waals surface area contributed by atoms with Crippen LogP contribution in [-0.4, -0.2) is 9.67 Å². The van der Waals surface area contributed by atoms with Gasteiger partial charge in [0.15, 0.2) is 5.75 Å². The highest BCUT2D eigenvalue weighted by molar-refractivity contribution is 5.25. The lowest BCUT2D eigenvalue weighted by molar-refractivity contribution is 0.455. The van der Waals surface area contributed by atoms with Gasteiger partial charge in [-0.3, -0.25) is 4.79 Å². The maximum Gasteiger partial charge on any atom is 0.223 e. The largest absolute Gasteiger partial charge is 0.503 e. The molecule has 1 rings (SSSR count). The zero-order chi connectivity index (χ0) is 9.84. The second kappa shape index (κ2) is 3.80. The van der Waals surface area contributed by atoms with Gasteiger partial charge in [-0.25, -0.2) is 0 Å². The Bertz CT molecular complexity index is 380. The van der Waals surface area contributed by atoms with Crippen molar-refractivity contribution >= 4 is 0 Å². The maximum atomic E-state index is 11.0. The van der Waals surface area contributed by atoms with Crippen molar-refractivity contribution in [2.45, 2.75) is 13.5 Å². The van der Waals surface area contributed by atoms with E-state index in [0.717, 1.165) is 0 Å². The van der Waals surface area contributed by atoms with E-state index >= 15 is 0 Å². The standard InChI is InChI=1S/C9H12N2O2/c1-7-9(13)8(12)3-6-11(7)5-2-4-10/h2-4,6,13H,5,10H2,1H3. The van der Waals surface area contributed by atoms with Crippen molar-refractivity contribution in [1.29, 1.82) is 0 Å². The van der Waals surface area contributed by atoms with Crippen molar-refractivity contribution in [2.75, 3.05) is 0 Å². The lowest BCUT2D eigenvalue weighted by Crippen LogP contribution is -2.09. The van der Waals surface area contributed by atoms with Crippen molar-refractivity contribution < 1.29 is 5.11 Å². The van der Waals surface area contributed by atoms with E-state index in [1.54, 1.807) is 23.8 Å². The summed E-state index contributed by atoms with van der Waals surface area (Å²) in [5, 5.41) is 9.30. The Labute approximate surface area is 75.9 Å². The Balaban J connectivity index is 3.10. The Morgan fingerprint density at radius 2 is 2.38 bits per heavy atom. The molecule has 1 heterocycles. The Kier molecular flexibility index (Phi) is 2.74. The lowest BCUT2D eigenvalue weighted by Gasteiger charge is -2.07. The highest BCUT2D eigenvalue weighted by Crippen LogP contribution is 2.08. The van der Waals surface area contributed by atoms with Crippen LogP contribution in [0.2, 0.25) is 0 Å². The number of hydrogen-bond acceptors (Lipinski definition) is 3. The number of nitrogens with two attached hydrogens (primary N) is 1. The van der Waals surface area contributed by atoms with E-state index in [2.05, 4.69) is 0 Å². The number of nitrogens with zero attached hydrogens (tertiary/aromatic N) is 1. The third kappa shape index (κ3) is 1.90. The molecule has 0 aliphatic rings. The topological polar surface area (TPSA) is 68.2 Å². The first-order valence-electron chi connectivity index (χ1n) is 3.92. The van der Waals surface area contributed by atoms with Crippen LogP contribution < -0.4 is 11.2 Å². The molecule has 0 unspecified atom stereocenters. The van der Waals surface area contributed by atoms with Gasteiger partial charge in [0, 0.05) is 18.8 Å². The quantitative estimate of drug-likeness (QED) is 0.689. The predicted octanol–water partition coefficient (Wildman–Crippen LogP) is 0.335. The predicted molar refractivity (Wildman–Crippen MR) is 50.4 cm³/mol. The number of hydrogen-bond donors (Lipinski definition) is 2. The van der Waals surface area contributed by atoms with Gasteiger partial charge in [-0.05, 0) is 19.2 Å². The molecule has 0 amide bonds. The van der Waals surface area contributed by atoms with E-state index in [0.29, 0.717) is 12.2 Å². The van der Waals surface area contributed by atoms with E-state index in [-0.39, 0.29) is 11.2 Å². The molecule has 0 saturated heterocycles. The summed E-state index contributed by atoms with van der Waals surface area (Å²) in [5.74, 6) is -0.201. The molecule has 0 aliphatic carbocycles. The second-order valence-corrected chi connectivity index (χ2v) is 2.69. The number of allylic oxidation sites excluding steroid dienone is 1. The Morgan fingerprint density at radius 1 is 1.69 bits per heavy atom. The molecule has 13 heavy (non-hydrogen) atoms. The van der Waals surface area contributed by atoms with Crippen LogP contribution in [0.4, 0.5) is 0 Å². The average molecular weight is 180 g/mol. The smallest absolute Gasteiger partial charge is 0.223 e. The van der Waals surface area contributed by atoms with Crippen LogP contribution in [-0.2, 0) is 6.54 Å². The van der Waals surface area contributed by atoms with E-state index in [1.165, 1.54) is 12.3 Å². The summed E-state index contributed by atoms with van der Waals surface area (Å²) in [6.45, 7) is 2.23. The molecule has 0 spiro atoms. The first-order chi connectivity index (χ1) is 6.16. The van der Waals surface area contributed by atoms with Gasteiger partial charge < -0.3 is 15.4 Å². The highest BCUT2D eigenvalue weighted by atomic mass is 16.3. The average Bonchev–Trinajstić information content (AvgIpc) is 2.13. The Morgan fingerprint density at radius 3 is 3.00 bits per heavy atom. The summed E-state index contributed by atoms with van der Waals surface area (Å²) in [4.78, 5) is 11.0. The minimum atomic E-state index is -0.356. The zero-order valence-corrected chi connectivity index (χ0v) is 7.40. The van der Waals surface area contributed by atoms with Crippen LogP contribution in [0.5, 0.6) is 5.75 Å². The first kappa shape index (κ1) is 9.38. The number of pyridine rings is 1. The van der Waals surface area contributed by atoms with Gasteiger partial charge >= 0.3 is 0 Å². The maximum absolute atomic E-state index is 11.0. The zero-order valence-electron chi connectivity index (χ0n) is 7.40. The SMILES string of the molecule is Cc1c(O)c(=O)ccn1CC=CN. The monoisotopic (exact) mass is 180 g/mol. The number of aromatic hydroxyl groups is 1. The fourth-order valence-corrected chi connectivity index (χ4v) is 1.03. The minimum Gasteiger partial charge on any atom is -0.503 e. The molecule has 0 bridgehead atoms. The van der Waals surface area contributed by atoms with Crippen LogP contribution >= 0.6 is 0 Å². The van der Waals surface area contributed by atoms with Crippen LogP contribution in [0, 0.1) is 6.92 Å². The molecule has 0 saturated carbocycles. The van der Waals surface area contributed by atoms with Crippen molar-refractivity contribution in [3.05, 3.63) is 40.5 Å². The molecule has 0 radical (unpaired) electrons. The fraction of sp³-hybridized carbons (Fsp3) is 0.222. The normalized spacial score (nSPS) is 10.8. The van der Waals surface area contributed by atoms with Gasteiger partial charge in [-0.1, -0.05) is 0 Å². The van der Waals surface area contributed by atoms with E-state index in [4.69, 9.17) is 5.73 Å². The molecule has 3 N–H and O–H groups in total. The summed E-state index contributed by atoms with van der Waals surface area (Å²) in [6.07, 6.45) is 4.78. The van der Waals surface area contributed by atoms with Crippen LogP contribution in [0.1, 0.15) is 5.69 Å². The Hall–Kier alpha value is -1.71. The molecule has 0 aromatic carbocycles. The molecule has 0 atom stereocenters.